The van der Waals surface area contributed by atoms with Crippen LogP contribution in [0.15, 0.2) is 48.5 Å². The third kappa shape index (κ3) is 6.45. The molecule has 0 aliphatic heterocycles. The van der Waals surface area contributed by atoms with Crippen LogP contribution in [0.5, 0.6) is 0 Å². The maximum atomic E-state index is 10.2. The smallest absolute Gasteiger partial charge is 0.545 e. The molecule has 104 valence electrons. The van der Waals surface area contributed by atoms with Crippen molar-refractivity contribution < 1.29 is 47.1 Å². The number of halogens is 2. The van der Waals surface area contributed by atoms with Gasteiger partial charge in [-0.15, -0.1) is 0 Å². The molecule has 0 radical (unpaired) electrons. The van der Waals surface area contributed by atoms with Crippen LogP contribution in [0.1, 0.15) is 20.7 Å². The van der Waals surface area contributed by atoms with Gasteiger partial charge in [-0.25, -0.2) is 0 Å². The molecule has 0 aliphatic carbocycles. The van der Waals surface area contributed by atoms with Crippen molar-refractivity contribution in [3.8, 4) is 0 Å². The Morgan fingerprint density at radius 1 is 0.714 bits per heavy atom. The normalized spacial score (nSPS) is 8.86. The number of hydrogen-bond acceptors (Lipinski definition) is 4. The molecule has 4 nitrogen and oxygen atoms in total. The summed E-state index contributed by atoms with van der Waals surface area (Å²) in [5.74, 6) is -2.49. The number of benzene rings is 2. The van der Waals surface area contributed by atoms with Crippen molar-refractivity contribution in [2.24, 2.45) is 0 Å². The minimum Gasteiger partial charge on any atom is -0.545 e. The molecule has 2 rings (SSSR count). The van der Waals surface area contributed by atoms with Crippen LogP contribution < -0.4 is 10.2 Å². The number of carboxylic acid groups (broad SMARTS) is 2. The summed E-state index contributed by atoms with van der Waals surface area (Å²) in [6, 6.07) is 12.3. The number of rotatable bonds is 2. The second-order valence-corrected chi connectivity index (χ2v) is 4.35. The van der Waals surface area contributed by atoms with E-state index in [-0.39, 0.29) is 48.5 Å². The zero-order valence-corrected chi connectivity index (χ0v) is 16.3. The number of carboxylic acids is 2. The first-order valence-corrected chi connectivity index (χ1v) is 6.11. The molecule has 2 aromatic carbocycles. The van der Waals surface area contributed by atoms with Gasteiger partial charge in [0.1, 0.15) is 0 Å². The van der Waals surface area contributed by atoms with E-state index in [1.165, 1.54) is 24.3 Å². The van der Waals surface area contributed by atoms with Crippen molar-refractivity contribution >= 4 is 35.1 Å². The molecule has 0 heterocycles. The average molecular weight is 424 g/mol. The van der Waals surface area contributed by atoms with Gasteiger partial charge in [-0.3, -0.25) is 0 Å². The first-order valence-electron chi connectivity index (χ1n) is 5.35. The first-order chi connectivity index (χ1) is 9.43. The topological polar surface area (TPSA) is 80.3 Å². The van der Waals surface area contributed by atoms with E-state index in [9.17, 15) is 19.8 Å². The summed E-state index contributed by atoms with van der Waals surface area (Å²) in [4.78, 5) is 20.5. The predicted molar refractivity (Wildman–Crippen MR) is 71.6 cm³/mol. The second-order valence-electron chi connectivity index (χ2n) is 3.53. The fourth-order valence-electron chi connectivity index (χ4n) is 1.25. The van der Waals surface area contributed by atoms with Crippen LogP contribution in [0.2, 0.25) is 10.0 Å². The molecule has 0 spiro atoms. The van der Waals surface area contributed by atoms with Crippen LogP contribution in [0.25, 0.3) is 0 Å². The Balaban J connectivity index is 0.000000364. The Hall–Kier alpha value is -1.12. The van der Waals surface area contributed by atoms with Gasteiger partial charge in [0.25, 0.3) is 0 Å². The van der Waals surface area contributed by atoms with Gasteiger partial charge in [0.15, 0.2) is 0 Å². The third-order valence-corrected chi connectivity index (χ3v) is 2.85. The number of hydrogen-bond donors (Lipinski definition) is 0. The molecule has 2 aromatic rings. The Morgan fingerprint density at radius 3 is 1.19 bits per heavy atom. The van der Waals surface area contributed by atoms with E-state index in [0.29, 0.717) is 0 Å². The molecular weight excluding hydrogens is 415 g/mol. The molecule has 0 saturated heterocycles. The van der Waals surface area contributed by atoms with Crippen LogP contribution >= 0.6 is 23.2 Å². The van der Waals surface area contributed by atoms with Crippen LogP contribution in [0, 0.1) is 0 Å². The van der Waals surface area contributed by atoms with Gasteiger partial charge in [0.2, 0.25) is 0 Å². The molecule has 21 heavy (non-hydrogen) atoms. The largest absolute Gasteiger partial charge is 2.00 e. The number of carbonyl (C=O) groups is 2. The van der Waals surface area contributed by atoms with Crippen LogP contribution in [-0.2, 0) is 27.3 Å². The van der Waals surface area contributed by atoms with E-state index in [2.05, 4.69) is 0 Å². The monoisotopic (exact) mass is 424 g/mol. The van der Waals surface area contributed by atoms with Crippen LogP contribution in [0.4, 0.5) is 0 Å². The van der Waals surface area contributed by atoms with E-state index in [4.69, 9.17) is 23.2 Å². The van der Waals surface area contributed by atoms with Crippen molar-refractivity contribution in [3.63, 3.8) is 0 Å². The minimum atomic E-state index is -1.24. The molecule has 0 N–H and O–H groups in total. The van der Waals surface area contributed by atoms with Gasteiger partial charge in [-0.2, -0.15) is 0 Å². The zero-order chi connectivity index (χ0) is 15.1. The molecule has 0 fully saturated rings. The van der Waals surface area contributed by atoms with E-state index in [1.807, 2.05) is 0 Å². The van der Waals surface area contributed by atoms with Gasteiger partial charge in [-0.05, 0) is 12.1 Å². The fourth-order valence-corrected chi connectivity index (χ4v) is 1.68. The van der Waals surface area contributed by atoms with Gasteiger partial charge >= 0.3 is 27.3 Å². The standard InChI is InChI=1S/2C7H5ClO2.Cd/c2*8-6-4-2-1-3-5(6)7(9)10;/h2*1-4H,(H,9,10);/q;;+2/p-2. The summed E-state index contributed by atoms with van der Waals surface area (Å²) in [7, 11) is 0. The number of carbonyl (C=O) groups excluding carboxylic acids is 2. The summed E-state index contributed by atoms with van der Waals surface area (Å²) in [5, 5.41) is 20.9. The van der Waals surface area contributed by atoms with Gasteiger partial charge in [-0.1, -0.05) is 59.6 Å². The van der Waals surface area contributed by atoms with E-state index in [1.54, 1.807) is 24.3 Å². The van der Waals surface area contributed by atoms with Gasteiger partial charge in [0.05, 0.1) is 11.9 Å². The zero-order valence-electron chi connectivity index (χ0n) is 10.7. The van der Waals surface area contributed by atoms with Crippen molar-refractivity contribution in [1.82, 2.24) is 0 Å². The van der Waals surface area contributed by atoms with Crippen molar-refractivity contribution in [3.05, 3.63) is 69.7 Å². The SMILES string of the molecule is O=C([O-])c1ccccc1Cl.O=C([O-])c1ccccc1Cl.[Cd+2]. The Bertz CT molecular complexity index is 576. The van der Waals surface area contributed by atoms with Crippen LogP contribution in [-0.4, -0.2) is 11.9 Å². The van der Waals surface area contributed by atoms with Crippen molar-refractivity contribution in [2.45, 2.75) is 0 Å². The van der Waals surface area contributed by atoms with Crippen molar-refractivity contribution in [1.29, 1.82) is 0 Å². The second kappa shape index (κ2) is 9.75. The van der Waals surface area contributed by atoms with Crippen LogP contribution in [0.3, 0.4) is 0 Å². The van der Waals surface area contributed by atoms with E-state index < -0.39 is 11.9 Å². The summed E-state index contributed by atoms with van der Waals surface area (Å²) in [6.07, 6.45) is 0. The Labute approximate surface area is 151 Å². The molecule has 7 heteroatoms. The summed E-state index contributed by atoms with van der Waals surface area (Å²) in [6.45, 7) is 0. The van der Waals surface area contributed by atoms with E-state index >= 15 is 0 Å². The molecule has 0 saturated carbocycles. The molecule has 0 amide bonds. The average Bonchev–Trinajstić information content (AvgIpc) is 2.40. The minimum absolute atomic E-state index is 0. The summed E-state index contributed by atoms with van der Waals surface area (Å²) < 4.78 is 0. The summed E-state index contributed by atoms with van der Waals surface area (Å²) >= 11 is 11.0. The summed E-state index contributed by atoms with van der Waals surface area (Å²) in [5.41, 5.74) is 0.0633. The molecule has 0 bridgehead atoms. The maximum absolute atomic E-state index is 10.2. The Kier molecular flexibility index (Phi) is 9.23. The van der Waals surface area contributed by atoms with Gasteiger partial charge < -0.3 is 19.8 Å². The van der Waals surface area contributed by atoms with E-state index in [0.717, 1.165) is 0 Å². The molecule has 0 aliphatic rings. The predicted octanol–water partition coefficient (Wildman–Crippen LogP) is 1.40. The molecular formula is C14H8CdCl2O4. The quantitative estimate of drug-likeness (QED) is 0.684. The third-order valence-electron chi connectivity index (χ3n) is 2.19. The fraction of sp³-hybridized carbons (Fsp3) is 0. The Morgan fingerprint density at radius 2 is 1.00 bits per heavy atom. The first kappa shape index (κ1) is 19.9. The van der Waals surface area contributed by atoms with Crippen molar-refractivity contribution in [2.75, 3.05) is 0 Å². The molecule has 0 aromatic heterocycles. The maximum Gasteiger partial charge on any atom is 2.00 e. The number of aromatic carboxylic acids is 2. The molecule has 0 atom stereocenters. The molecule has 0 unspecified atom stereocenters. The van der Waals surface area contributed by atoms with Gasteiger partial charge in [0, 0.05) is 21.2 Å².